The summed E-state index contributed by atoms with van der Waals surface area (Å²) in [4.78, 5) is 6.45. The molecule has 2 aromatic rings. The fourth-order valence-corrected chi connectivity index (χ4v) is 2.93. The van der Waals surface area contributed by atoms with E-state index in [-0.39, 0.29) is 6.04 Å². The molecule has 2 heterocycles. The number of nitrogens with two attached hydrogens (primary N) is 1. The third kappa shape index (κ3) is 2.28. The van der Waals surface area contributed by atoms with Crippen molar-refractivity contribution in [2.45, 2.75) is 19.1 Å². The molecule has 1 unspecified atom stereocenters. The van der Waals surface area contributed by atoms with Gasteiger partial charge in [-0.1, -0.05) is 12.1 Å². The van der Waals surface area contributed by atoms with Gasteiger partial charge in [0.2, 0.25) is 0 Å². The van der Waals surface area contributed by atoms with Gasteiger partial charge < -0.3 is 10.5 Å². The maximum atomic E-state index is 5.99. The average molecular weight is 269 g/mol. The molecule has 0 aliphatic carbocycles. The summed E-state index contributed by atoms with van der Waals surface area (Å²) in [6, 6.07) is 10.6. The van der Waals surface area contributed by atoms with E-state index in [0.29, 0.717) is 6.54 Å². The van der Waals surface area contributed by atoms with Crippen molar-refractivity contribution in [3.63, 3.8) is 0 Å². The lowest BCUT2D eigenvalue weighted by Gasteiger charge is -2.23. The van der Waals surface area contributed by atoms with E-state index < -0.39 is 0 Å². The first-order chi connectivity index (χ1) is 9.83. The molecule has 0 saturated carbocycles. The first-order valence-electron chi connectivity index (χ1n) is 6.82. The van der Waals surface area contributed by atoms with Crippen molar-refractivity contribution < 1.29 is 4.74 Å². The molecule has 4 heteroatoms. The Hall–Kier alpha value is -1.91. The van der Waals surface area contributed by atoms with Gasteiger partial charge in [-0.25, -0.2) is 0 Å². The Bertz CT molecular complexity index is 586. The van der Waals surface area contributed by atoms with Crippen LogP contribution >= 0.6 is 0 Å². The number of nitrogens with zero attached hydrogens (tertiary/aromatic N) is 2. The summed E-state index contributed by atoms with van der Waals surface area (Å²) < 4.78 is 5.47. The Morgan fingerprint density at radius 3 is 2.80 bits per heavy atom. The lowest BCUT2D eigenvalue weighted by atomic mass is 10.0. The van der Waals surface area contributed by atoms with Crippen molar-refractivity contribution in [3.8, 4) is 5.75 Å². The van der Waals surface area contributed by atoms with Gasteiger partial charge in [-0.2, -0.15) is 0 Å². The quantitative estimate of drug-likeness (QED) is 0.923. The highest BCUT2D eigenvalue weighted by Gasteiger charge is 2.31. The Balaban J connectivity index is 1.88. The molecule has 0 bridgehead atoms. The summed E-state index contributed by atoms with van der Waals surface area (Å²) in [5.41, 5.74) is 9.80. The van der Waals surface area contributed by atoms with Crippen LogP contribution in [0.1, 0.15) is 22.7 Å². The fraction of sp³-hybridized carbons (Fsp3) is 0.312. The predicted molar refractivity (Wildman–Crippen MR) is 78.3 cm³/mol. The second-order valence-electron chi connectivity index (χ2n) is 5.04. The summed E-state index contributed by atoms with van der Waals surface area (Å²) in [5, 5.41) is 0. The minimum absolute atomic E-state index is 0.258. The third-order valence-electron chi connectivity index (χ3n) is 3.91. The van der Waals surface area contributed by atoms with E-state index in [4.69, 9.17) is 10.5 Å². The van der Waals surface area contributed by atoms with Gasteiger partial charge in [0.25, 0.3) is 0 Å². The number of hydrogen-bond donors (Lipinski definition) is 1. The van der Waals surface area contributed by atoms with Crippen molar-refractivity contribution in [2.75, 3.05) is 13.7 Å². The standard InChI is InChI=1S/C16H19N3O/c1-20-16-4-2-3-13-14(16)11-19(15(13)9-17)10-12-5-7-18-8-6-12/h2-8,15H,9-11,17H2,1H3. The second-order valence-corrected chi connectivity index (χ2v) is 5.04. The Labute approximate surface area is 119 Å². The smallest absolute Gasteiger partial charge is 0.123 e. The van der Waals surface area contributed by atoms with Gasteiger partial charge in [0.1, 0.15) is 5.75 Å². The SMILES string of the molecule is COc1cccc2c1CN(Cc1ccncc1)C2CN. The van der Waals surface area contributed by atoms with E-state index in [2.05, 4.69) is 16.0 Å². The number of aromatic nitrogens is 1. The predicted octanol–water partition coefficient (Wildman–Crippen LogP) is 2.11. The molecule has 1 aromatic heterocycles. The van der Waals surface area contributed by atoms with Gasteiger partial charge in [0, 0.05) is 43.6 Å². The van der Waals surface area contributed by atoms with E-state index in [9.17, 15) is 0 Å². The monoisotopic (exact) mass is 269 g/mol. The largest absolute Gasteiger partial charge is 0.496 e. The van der Waals surface area contributed by atoms with Crippen molar-refractivity contribution >= 4 is 0 Å². The summed E-state index contributed by atoms with van der Waals surface area (Å²) in [5.74, 6) is 0.957. The van der Waals surface area contributed by atoms with Crippen LogP contribution in [0, 0.1) is 0 Å². The van der Waals surface area contributed by atoms with Crippen LogP contribution in [-0.4, -0.2) is 23.5 Å². The van der Waals surface area contributed by atoms with Crippen LogP contribution in [0.2, 0.25) is 0 Å². The summed E-state index contributed by atoms with van der Waals surface area (Å²) in [6.45, 7) is 2.37. The Morgan fingerprint density at radius 2 is 2.10 bits per heavy atom. The minimum atomic E-state index is 0.258. The van der Waals surface area contributed by atoms with Crippen LogP contribution in [0.25, 0.3) is 0 Å². The molecule has 1 atom stereocenters. The van der Waals surface area contributed by atoms with Gasteiger partial charge in [0.05, 0.1) is 7.11 Å². The molecule has 1 aliphatic rings. The van der Waals surface area contributed by atoms with Crippen molar-refractivity contribution in [1.29, 1.82) is 0 Å². The zero-order valence-electron chi connectivity index (χ0n) is 11.6. The number of fused-ring (bicyclic) bond motifs is 1. The number of hydrogen-bond acceptors (Lipinski definition) is 4. The fourth-order valence-electron chi connectivity index (χ4n) is 2.93. The molecule has 20 heavy (non-hydrogen) atoms. The molecule has 2 N–H and O–H groups in total. The summed E-state index contributed by atoms with van der Waals surface area (Å²) >= 11 is 0. The van der Waals surface area contributed by atoms with Gasteiger partial charge in [0.15, 0.2) is 0 Å². The first kappa shape index (κ1) is 13.1. The van der Waals surface area contributed by atoms with Crippen LogP contribution < -0.4 is 10.5 Å². The molecule has 1 aromatic carbocycles. The van der Waals surface area contributed by atoms with Crippen LogP contribution in [-0.2, 0) is 13.1 Å². The maximum Gasteiger partial charge on any atom is 0.123 e. The summed E-state index contributed by atoms with van der Waals surface area (Å²) in [6.07, 6.45) is 3.66. The normalized spacial score (nSPS) is 18.0. The number of ether oxygens (including phenoxy) is 1. The first-order valence-corrected chi connectivity index (χ1v) is 6.82. The van der Waals surface area contributed by atoms with Gasteiger partial charge in [-0.15, -0.1) is 0 Å². The molecule has 4 nitrogen and oxygen atoms in total. The minimum Gasteiger partial charge on any atom is -0.496 e. The molecule has 104 valence electrons. The zero-order chi connectivity index (χ0) is 13.9. The Morgan fingerprint density at radius 1 is 1.30 bits per heavy atom. The third-order valence-corrected chi connectivity index (χ3v) is 3.91. The lowest BCUT2D eigenvalue weighted by molar-refractivity contribution is 0.210. The van der Waals surface area contributed by atoms with Crippen LogP contribution in [0.3, 0.4) is 0 Å². The summed E-state index contributed by atoms with van der Waals surface area (Å²) in [7, 11) is 1.72. The van der Waals surface area contributed by atoms with Gasteiger partial charge in [-0.3, -0.25) is 9.88 Å². The highest BCUT2D eigenvalue weighted by Crippen LogP contribution is 2.38. The second kappa shape index (κ2) is 5.61. The lowest BCUT2D eigenvalue weighted by Crippen LogP contribution is -2.27. The molecule has 0 saturated heterocycles. The van der Waals surface area contributed by atoms with E-state index in [1.807, 2.05) is 36.7 Å². The molecule has 3 rings (SSSR count). The number of methoxy groups -OCH3 is 1. The van der Waals surface area contributed by atoms with E-state index >= 15 is 0 Å². The van der Waals surface area contributed by atoms with Crippen LogP contribution in [0.15, 0.2) is 42.7 Å². The molecule has 1 aliphatic heterocycles. The van der Waals surface area contributed by atoms with Crippen molar-refractivity contribution in [3.05, 3.63) is 59.4 Å². The molecular formula is C16H19N3O. The topological polar surface area (TPSA) is 51.4 Å². The van der Waals surface area contributed by atoms with Crippen LogP contribution in [0.5, 0.6) is 5.75 Å². The Kier molecular flexibility index (Phi) is 3.67. The molecule has 0 radical (unpaired) electrons. The molecule has 0 spiro atoms. The maximum absolute atomic E-state index is 5.99. The van der Waals surface area contributed by atoms with Gasteiger partial charge >= 0.3 is 0 Å². The molecule has 0 amide bonds. The van der Waals surface area contributed by atoms with Gasteiger partial charge in [-0.05, 0) is 29.3 Å². The van der Waals surface area contributed by atoms with E-state index in [1.165, 1.54) is 16.7 Å². The number of benzene rings is 1. The van der Waals surface area contributed by atoms with Crippen molar-refractivity contribution in [1.82, 2.24) is 9.88 Å². The molecular weight excluding hydrogens is 250 g/mol. The zero-order valence-corrected chi connectivity index (χ0v) is 11.6. The molecule has 0 fully saturated rings. The van der Waals surface area contributed by atoms with E-state index in [0.717, 1.165) is 18.8 Å². The average Bonchev–Trinajstić information content (AvgIpc) is 2.85. The van der Waals surface area contributed by atoms with E-state index in [1.54, 1.807) is 7.11 Å². The number of rotatable bonds is 4. The van der Waals surface area contributed by atoms with Crippen molar-refractivity contribution in [2.24, 2.45) is 5.73 Å². The highest BCUT2D eigenvalue weighted by atomic mass is 16.5. The van der Waals surface area contributed by atoms with Crippen LogP contribution in [0.4, 0.5) is 0 Å². The number of pyridine rings is 1. The highest BCUT2D eigenvalue weighted by molar-refractivity contribution is 5.45.